The van der Waals surface area contributed by atoms with E-state index in [1.54, 1.807) is 0 Å². The molecule has 1 aromatic heterocycles. The Morgan fingerprint density at radius 2 is 2.00 bits per heavy atom. The molecular formula is C17H30N4O. The fraction of sp³-hybridized carbons (Fsp3) is 0.765. The smallest absolute Gasteiger partial charge is 0.242 e. The number of anilines is 2. The van der Waals surface area contributed by atoms with Crippen molar-refractivity contribution in [3.63, 3.8) is 0 Å². The fourth-order valence-electron chi connectivity index (χ4n) is 3.01. The Hall–Kier alpha value is -1.52. The monoisotopic (exact) mass is 306 g/mol. The molecule has 0 aliphatic heterocycles. The van der Waals surface area contributed by atoms with Crippen molar-refractivity contribution in [1.29, 1.82) is 0 Å². The third-order valence-electron chi connectivity index (χ3n) is 4.26. The van der Waals surface area contributed by atoms with E-state index >= 15 is 0 Å². The quantitative estimate of drug-likeness (QED) is 0.839. The first-order valence-electron chi connectivity index (χ1n) is 8.57. The van der Waals surface area contributed by atoms with Crippen LogP contribution < -0.4 is 15.8 Å². The van der Waals surface area contributed by atoms with E-state index in [1.165, 1.54) is 25.7 Å². The maximum Gasteiger partial charge on any atom is 0.242 e. The van der Waals surface area contributed by atoms with Crippen LogP contribution in [0, 0.1) is 11.8 Å². The summed E-state index contributed by atoms with van der Waals surface area (Å²) in [6.45, 7) is 9.13. The molecule has 0 radical (unpaired) electrons. The second kappa shape index (κ2) is 7.65. The Morgan fingerprint density at radius 3 is 2.64 bits per heavy atom. The van der Waals surface area contributed by atoms with E-state index in [0.29, 0.717) is 36.1 Å². The van der Waals surface area contributed by atoms with Crippen molar-refractivity contribution in [2.45, 2.75) is 65.8 Å². The lowest BCUT2D eigenvalue weighted by atomic mass is 9.86. The molecule has 1 fully saturated rings. The summed E-state index contributed by atoms with van der Waals surface area (Å²) in [7, 11) is 0. The molecular weight excluding hydrogens is 276 g/mol. The van der Waals surface area contributed by atoms with E-state index in [4.69, 9.17) is 10.5 Å². The summed E-state index contributed by atoms with van der Waals surface area (Å²) in [5.41, 5.74) is 6.75. The molecule has 0 aromatic carbocycles. The number of nitrogen functional groups attached to an aromatic ring is 1. The van der Waals surface area contributed by atoms with Gasteiger partial charge in [0.25, 0.3) is 0 Å². The maximum atomic E-state index is 6.22. The van der Waals surface area contributed by atoms with Crippen LogP contribution in [-0.2, 0) is 6.42 Å². The maximum absolute atomic E-state index is 6.22. The van der Waals surface area contributed by atoms with Crippen molar-refractivity contribution in [2.24, 2.45) is 11.8 Å². The molecule has 0 spiro atoms. The van der Waals surface area contributed by atoms with Crippen LogP contribution in [0.3, 0.4) is 0 Å². The van der Waals surface area contributed by atoms with E-state index in [9.17, 15) is 0 Å². The Morgan fingerprint density at radius 1 is 1.27 bits per heavy atom. The van der Waals surface area contributed by atoms with Gasteiger partial charge in [-0.2, -0.15) is 4.98 Å². The Kier molecular flexibility index (Phi) is 5.86. The normalized spacial score (nSPS) is 21.9. The van der Waals surface area contributed by atoms with Gasteiger partial charge in [-0.25, -0.2) is 4.98 Å². The van der Waals surface area contributed by atoms with Gasteiger partial charge in [0.1, 0.15) is 11.5 Å². The molecule has 3 N–H and O–H groups in total. The highest BCUT2D eigenvalue weighted by Gasteiger charge is 2.23. The van der Waals surface area contributed by atoms with Gasteiger partial charge in [-0.05, 0) is 31.6 Å². The van der Waals surface area contributed by atoms with Crippen LogP contribution in [0.25, 0.3) is 0 Å². The molecule has 5 heteroatoms. The van der Waals surface area contributed by atoms with Crippen molar-refractivity contribution in [2.75, 3.05) is 17.7 Å². The number of hydrogen-bond acceptors (Lipinski definition) is 5. The number of rotatable bonds is 6. The van der Waals surface area contributed by atoms with Crippen molar-refractivity contribution in [1.82, 2.24) is 9.97 Å². The highest BCUT2D eigenvalue weighted by Crippen LogP contribution is 2.31. The SMILES string of the molecule is CCOc1nc(CC(C)C)nc(NC2CCCCC2C)c1N. The number of nitrogens with zero attached hydrogens (tertiary/aromatic N) is 2. The first-order chi connectivity index (χ1) is 10.5. The lowest BCUT2D eigenvalue weighted by molar-refractivity contribution is 0.325. The molecule has 1 aliphatic carbocycles. The second-order valence-electron chi connectivity index (χ2n) is 6.75. The average Bonchev–Trinajstić information content (AvgIpc) is 2.46. The predicted octanol–water partition coefficient (Wildman–Crippen LogP) is 3.65. The molecule has 124 valence electrons. The minimum absolute atomic E-state index is 0.437. The number of nitrogens with two attached hydrogens (primary N) is 1. The van der Waals surface area contributed by atoms with Crippen LogP contribution in [0.5, 0.6) is 5.88 Å². The number of ether oxygens (including phenoxy) is 1. The summed E-state index contributed by atoms with van der Waals surface area (Å²) in [5.74, 6) is 3.21. The zero-order valence-electron chi connectivity index (χ0n) is 14.4. The van der Waals surface area contributed by atoms with E-state index in [1.807, 2.05) is 6.92 Å². The van der Waals surface area contributed by atoms with E-state index in [-0.39, 0.29) is 0 Å². The zero-order valence-corrected chi connectivity index (χ0v) is 14.4. The average molecular weight is 306 g/mol. The highest BCUT2D eigenvalue weighted by molar-refractivity contribution is 5.67. The van der Waals surface area contributed by atoms with Crippen LogP contribution in [-0.4, -0.2) is 22.6 Å². The Bertz CT molecular complexity index is 490. The minimum Gasteiger partial charge on any atom is -0.476 e. The summed E-state index contributed by atoms with van der Waals surface area (Å²) < 4.78 is 5.60. The van der Waals surface area contributed by atoms with Gasteiger partial charge in [-0.1, -0.05) is 33.6 Å². The first-order valence-corrected chi connectivity index (χ1v) is 8.57. The summed E-state index contributed by atoms with van der Waals surface area (Å²) in [6.07, 6.45) is 5.86. The predicted molar refractivity (Wildman–Crippen MR) is 91.2 cm³/mol. The van der Waals surface area contributed by atoms with Crippen LogP contribution in [0.15, 0.2) is 0 Å². The molecule has 22 heavy (non-hydrogen) atoms. The summed E-state index contributed by atoms with van der Waals surface area (Å²) in [4.78, 5) is 9.13. The summed E-state index contributed by atoms with van der Waals surface area (Å²) in [6, 6.07) is 0.437. The van der Waals surface area contributed by atoms with Gasteiger partial charge in [0.15, 0.2) is 5.82 Å². The molecule has 2 unspecified atom stereocenters. The molecule has 0 amide bonds. The van der Waals surface area contributed by atoms with Gasteiger partial charge >= 0.3 is 0 Å². The molecule has 1 saturated carbocycles. The van der Waals surface area contributed by atoms with Crippen LogP contribution in [0.1, 0.15) is 59.2 Å². The van der Waals surface area contributed by atoms with Crippen LogP contribution in [0.2, 0.25) is 0 Å². The lowest BCUT2D eigenvalue weighted by Crippen LogP contribution is -2.31. The van der Waals surface area contributed by atoms with Gasteiger partial charge in [-0.15, -0.1) is 0 Å². The summed E-state index contributed by atoms with van der Waals surface area (Å²) in [5, 5.41) is 3.56. The Labute approximate surface area is 134 Å². The number of nitrogens with one attached hydrogen (secondary N) is 1. The van der Waals surface area contributed by atoms with Crippen LogP contribution >= 0.6 is 0 Å². The van der Waals surface area contributed by atoms with Gasteiger partial charge in [0, 0.05) is 12.5 Å². The molecule has 2 rings (SSSR count). The fourth-order valence-corrected chi connectivity index (χ4v) is 3.01. The molecule has 1 heterocycles. The van der Waals surface area contributed by atoms with Gasteiger partial charge in [0.2, 0.25) is 5.88 Å². The first kappa shape index (κ1) is 16.8. The topological polar surface area (TPSA) is 73.1 Å². The standard InChI is InChI=1S/C17H30N4O/c1-5-22-17-15(18)16(20-14(21-17)10-11(2)3)19-13-9-7-6-8-12(13)4/h11-13H,5-10,18H2,1-4H3,(H,19,20,21). The van der Waals surface area contributed by atoms with Gasteiger partial charge < -0.3 is 15.8 Å². The van der Waals surface area contributed by atoms with Gasteiger partial charge in [0.05, 0.1) is 6.61 Å². The van der Waals surface area contributed by atoms with E-state index < -0.39 is 0 Å². The minimum atomic E-state index is 0.437. The van der Waals surface area contributed by atoms with Crippen molar-refractivity contribution in [3.8, 4) is 5.88 Å². The zero-order chi connectivity index (χ0) is 16.1. The Balaban J connectivity index is 2.25. The lowest BCUT2D eigenvalue weighted by Gasteiger charge is -2.30. The molecule has 0 bridgehead atoms. The van der Waals surface area contributed by atoms with E-state index in [0.717, 1.165) is 18.1 Å². The van der Waals surface area contributed by atoms with Gasteiger partial charge in [-0.3, -0.25) is 0 Å². The molecule has 5 nitrogen and oxygen atoms in total. The van der Waals surface area contributed by atoms with Crippen LogP contribution in [0.4, 0.5) is 11.5 Å². The molecule has 1 aliphatic rings. The molecule has 1 aromatic rings. The highest BCUT2D eigenvalue weighted by atomic mass is 16.5. The largest absolute Gasteiger partial charge is 0.476 e. The summed E-state index contributed by atoms with van der Waals surface area (Å²) >= 11 is 0. The third-order valence-corrected chi connectivity index (χ3v) is 4.26. The molecule has 0 saturated heterocycles. The second-order valence-corrected chi connectivity index (χ2v) is 6.75. The third kappa shape index (κ3) is 4.24. The number of hydrogen-bond donors (Lipinski definition) is 2. The van der Waals surface area contributed by atoms with Crippen molar-refractivity contribution >= 4 is 11.5 Å². The van der Waals surface area contributed by atoms with E-state index in [2.05, 4.69) is 36.1 Å². The molecule has 2 atom stereocenters. The van der Waals surface area contributed by atoms with Crippen molar-refractivity contribution in [3.05, 3.63) is 5.82 Å². The number of aromatic nitrogens is 2. The van der Waals surface area contributed by atoms with Crippen molar-refractivity contribution < 1.29 is 4.74 Å².